The summed E-state index contributed by atoms with van der Waals surface area (Å²) >= 11 is 9.29. The van der Waals surface area contributed by atoms with Gasteiger partial charge in [-0.1, -0.05) is 25.4 Å². The van der Waals surface area contributed by atoms with E-state index in [1.807, 2.05) is 12.1 Å². The van der Waals surface area contributed by atoms with Crippen molar-refractivity contribution in [2.24, 2.45) is 23.7 Å². The lowest BCUT2D eigenvalue weighted by Crippen LogP contribution is -2.27. The Morgan fingerprint density at radius 2 is 1.89 bits per heavy atom. The van der Waals surface area contributed by atoms with Crippen LogP contribution >= 0.6 is 39.9 Å². The minimum atomic E-state index is -0.557. The fourth-order valence-corrected chi connectivity index (χ4v) is 6.19. The van der Waals surface area contributed by atoms with E-state index < -0.39 is 5.82 Å². The fraction of sp³-hybridized carbons (Fsp3) is 0.481. The number of benzene rings is 2. The molecule has 1 saturated carbocycles. The minimum Gasteiger partial charge on any atom is -0.493 e. The van der Waals surface area contributed by atoms with Gasteiger partial charge in [0.25, 0.3) is 0 Å². The van der Waals surface area contributed by atoms with Crippen molar-refractivity contribution in [1.82, 2.24) is 14.9 Å². The zero-order valence-corrected chi connectivity index (χ0v) is 24.3. The van der Waals surface area contributed by atoms with Crippen LogP contribution in [0.4, 0.5) is 15.9 Å². The maximum atomic E-state index is 14.7. The van der Waals surface area contributed by atoms with Gasteiger partial charge in [-0.3, -0.25) is 0 Å². The van der Waals surface area contributed by atoms with Crippen LogP contribution in [0, 0.1) is 29.5 Å². The van der Waals surface area contributed by atoms with E-state index in [1.165, 1.54) is 38.8 Å². The molecular formula is C27H32BrCl2FN4O2. The first-order chi connectivity index (χ1) is 17.3. The normalized spacial score (nSPS) is 21.2. The van der Waals surface area contributed by atoms with Crippen LogP contribution in [0.2, 0.25) is 5.02 Å². The van der Waals surface area contributed by atoms with Crippen LogP contribution < -0.4 is 14.8 Å². The Balaban J connectivity index is 0.00000320. The average Bonchev–Trinajstić information content (AvgIpc) is 3.40. The number of aromatic nitrogens is 2. The van der Waals surface area contributed by atoms with Crippen LogP contribution in [0.1, 0.15) is 26.7 Å². The Morgan fingerprint density at radius 3 is 2.57 bits per heavy atom. The summed E-state index contributed by atoms with van der Waals surface area (Å²) in [6, 6.07) is 6.99. The van der Waals surface area contributed by atoms with Gasteiger partial charge in [-0.15, -0.1) is 12.4 Å². The Morgan fingerprint density at radius 1 is 1.16 bits per heavy atom. The van der Waals surface area contributed by atoms with Gasteiger partial charge in [0, 0.05) is 35.6 Å². The standard InChI is InChI=1S/C27H31BrClFN4O2.ClH/c1-15(2)10-34-11-17-6-16(7-18(17)12-34)13-36-24-9-22-19(8-23(24)35-3)27(32-14-31-22)33-21-5-4-20(28)25(29)26(21)30;/h4-5,8-9,14-18H,6-7,10-13H2,1-3H3,(H,31,32,33);1H/t16-,17-,18+;. The molecule has 0 spiro atoms. The summed E-state index contributed by atoms with van der Waals surface area (Å²) in [5.74, 6) is 3.98. The summed E-state index contributed by atoms with van der Waals surface area (Å²) in [4.78, 5) is 11.4. The van der Waals surface area contributed by atoms with Crippen molar-refractivity contribution < 1.29 is 13.9 Å². The highest BCUT2D eigenvalue weighted by Gasteiger charge is 2.41. The van der Waals surface area contributed by atoms with Crippen LogP contribution in [-0.4, -0.2) is 48.2 Å². The van der Waals surface area contributed by atoms with Crippen LogP contribution in [0.15, 0.2) is 35.1 Å². The first kappa shape index (κ1) is 28.1. The van der Waals surface area contributed by atoms with Gasteiger partial charge in [-0.25, -0.2) is 14.4 Å². The average molecular weight is 614 g/mol. The lowest BCUT2D eigenvalue weighted by Gasteiger charge is -2.21. The highest BCUT2D eigenvalue weighted by molar-refractivity contribution is 9.10. The number of anilines is 2. The Labute approximate surface area is 236 Å². The smallest absolute Gasteiger partial charge is 0.166 e. The second-order valence-electron chi connectivity index (χ2n) is 10.4. The van der Waals surface area contributed by atoms with Crippen LogP contribution in [0.25, 0.3) is 10.9 Å². The molecule has 6 nitrogen and oxygen atoms in total. The summed E-state index contributed by atoms with van der Waals surface area (Å²) in [6.07, 6.45) is 3.87. The molecule has 10 heteroatoms. The van der Waals surface area contributed by atoms with Crippen molar-refractivity contribution in [1.29, 1.82) is 0 Å². The predicted octanol–water partition coefficient (Wildman–Crippen LogP) is 7.35. The molecule has 0 bridgehead atoms. The van der Waals surface area contributed by atoms with Crippen LogP contribution in [0.5, 0.6) is 11.5 Å². The molecule has 0 radical (unpaired) electrons. The van der Waals surface area contributed by atoms with Crippen LogP contribution in [0.3, 0.4) is 0 Å². The second kappa shape index (κ2) is 11.9. The molecule has 0 unspecified atom stereocenters. The second-order valence-corrected chi connectivity index (χ2v) is 11.6. The van der Waals surface area contributed by atoms with Crippen LogP contribution in [-0.2, 0) is 0 Å². The van der Waals surface area contributed by atoms with Crippen molar-refractivity contribution in [3.05, 3.63) is 45.9 Å². The number of hydrogen-bond acceptors (Lipinski definition) is 6. The van der Waals surface area contributed by atoms with Crippen molar-refractivity contribution in [2.45, 2.75) is 26.7 Å². The molecule has 3 aromatic rings. The quantitative estimate of drug-likeness (QED) is 0.268. The van der Waals surface area contributed by atoms with Gasteiger partial charge in [0.15, 0.2) is 17.3 Å². The fourth-order valence-electron chi connectivity index (χ4n) is 5.72. The van der Waals surface area contributed by atoms with Gasteiger partial charge < -0.3 is 19.7 Å². The number of nitrogens with zero attached hydrogens (tertiary/aromatic N) is 3. The predicted molar refractivity (Wildman–Crippen MR) is 152 cm³/mol. The number of halogens is 4. The van der Waals surface area contributed by atoms with E-state index in [4.69, 9.17) is 21.1 Å². The largest absolute Gasteiger partial charge is 0.493 e. The molecule has 200 valence electrons. The van der Waals surface area contributed by atoms with E-state index in [0.717, 1.165) is 17.8 Å². The zero-order valence-electron chi connectivity index (χ0n) is 21.1. The molecule has 1 aromatic heterocycles. The molecular weight excluding hydrogens is 582 g/mol. The van der Waals surface area contributed by atoms with Gasteiger partial charge in [0.05, 0.1) is 29.9 Å². The van der Waals surface area contributed by atoms with Gasteiger partial charge >= 0.3 is 0 Å². The number of rotatable bonds is 8. The van der Waals surface area contributed by atoms with E-state index in [0.29, 0.717) is 45.2 Å². The molecule has 1 N–H and O–H groups in total. The van der Waals surface area contributed by atoms with Crippen molar-refractivity contribution in [2.75, 3.05) is 38.7 Å². The van der Waals surface area contributed by atoms with Gasteiger partial charge in [0.2, 0.25) is 0 Å². The third-order valence-corrected chi connectivity index (χ3v) is 8.49. The lowest BCUT2D eigenvalue weighted by atomic mass is 10.0. The van der Waals surface area contributed by atoms with Crippen molar-refractivity contribution in [3.63, 3.8) is 0 Å². The molecule has 1 saturated heterocycles. The number of hydrogen-bond donors (Lipinski definition) is 1. The number of methoxy groups -OCH3 is 1. The Hall–Kier alpha value is -1.87. The third kappa shape index (κ3) is 6.08. The Bertz CT molecular complexity index is 1250. The van der Waals surface area contributed by atoms with Gasteiger partial charge in [-0.05, 0) is 70.6 Å². The Kier molecular flexibility index (Phi) is 9.04. The number of fused-ring (bicyclic) bond motifs is 2. The third-order valence-electron chi connectivity index (χ3n) is 7.23. The van der Waals surface area contributed by atoms with Gasteiger partial charge in [0.1, 0.15) is 12.1 Å². The maximum absolute atomic E-state index is 14.7. The molecule has 2 aliphatic rings. The molecule has 2 fully saturated rings. The summed E-state index contributed by atoms with van der Waals surface area (Å²) < 4.78 is 27.1. The van der Waals surface area contributed by atoms with E-state index in [1.54, 1.807) is 19.2 Å². The summed E-state index contributed by atoms with van der Waals surface area (Å²) in [7, 11) is 1.61. The minimum absolute atomic E-state index is 0. The highest BCUT2D eigenvalue weighted by Crippen LogP contribution is 2.43. The first-order valence-electron chi connectivity index (χ1n) is 12.4. The van der Waals surface area contributed by atoms with Crippen molar-refractivity contribution >= 4 is 62.3 Å². The van der Waals surface area contributed by atoms with E-state index >= 15 is 0 Å². The zero-order chi connectivity index (χ0) is 25.4. The monoisotopic (exact) mass is 612 g/mol. The summed E-state index contributed by atoms with van der Waals surface area (Å²) in [6.45, 7) is 8.88. The molecule has 1 aliphatic carbocycles. The maximum Gasteiger partial charge on any atom is 0.166 e. The summed E-state index contributed by atoms with van der Waals surface area (Å²) in [5, 5.41) is 3.74. The molecule has 5 rings (SSSR count). The summed E-state index contributed by atoms with van der Waals surface area (Å²) in [5.41, 5.74) is 0.903. The number of likely N-dealkylation sites (tertiary alicyclic amines) is 1. The van der Waals surface area contributed by atoms with Gasteiger partial charge in [-0.2, -0.15) is 0 Å². The van der Waals surface area contributed by atoms with E-state index in [-0.39, 0.29) is 23.1 Å². The molecule has 2 heterocycles. The number of ether oxygens (including phenoxy) is 2. The SMILES string of the molecule is COc1cc2c(Nc3ccc(Br)c(Cl)c3F)ncnc2cc1OC[C@@H]1C[C@@H]2CN(CC(C)C)C[C@@H]2C1.Cl. The molecule has 3 atom stereocenters. The van der Waals surface area contributed by atoms with Crippen molar-refractivity contribution in [3.8, 4) is 11.5 Å². The first-order valence-corrected chi connectivity index (χ1v) is 13.6. The molecule has 0 amide bonds. The highest BCUT2D eigenvalue weighted by atomic mass is 79.9. The lowest BCUT2D eigenvalue weighted by molar-refractivity contribution is 0.216. The number of nitrogens with one attached hydrogen (secondary N) is 1. The molecule has 37 heavy (non-hydrogen) atoms. The van der Waals surface area contributed by atoms with E-state index in [2.05, 4.69) is 50.0 Å². The topological polar surface area (TPSA) is 59.5 Å². The van der Waals surface area contributed by atoms with E-state index in [9.17, 15) is 4.39 Å². The molecule has 2 aromatic carbocycles. The molecule has 1 aliphatic heterocycles.